The molecule has 0 bridgehead atoms. The molecule has 0 radical (unpaired) electrons. The monoisotopic (exact) mass is 332 g/mol. The lowest BCUT2D eigenvalue weighted by Gasteiger charge is -2.15. The summed E-state index contributed by atoms with van der Waals surface area (Å²) in [5.74, 6) is -1.24. The minimum Gasteiger partial charge on any atom is -0.397 e. The number of ether oxygens (including phenoxy) is 1. The molecule has 1 aromatic carbocycles. The summed E-state index contributed by atoms with van der Waals surface area (Å²) in [5, 5.41) is 2.24. The molecular weight excluding hydrogens is 316 g/mol. The van der Waals surface area contributed by atoms with E-state index in [1.165, 1.54) is 6.07 Å². The van der Waals surface area contributed by atoms with Gasteiger partial charge < -0.3 is 15.8 Å². The molecule has 2 atom stereocenters. The van der Waals surface area contributed by atoms with Crippen molar-refractivity contribution in [3.05, 3.63) is 23.2 Å². The molecule has 1 amide bonds. The average molecular weight is 333 g/mol. The topological polar surface area (TPSA) is 98.5 Å². The van der Waals surface area contributed by atoms with Crippen molar-refractivity contribution in [2.24, 2.45) is 0 Å². The molecule has 2 rings (SSSR count). The van der Waals surface area contributed by atoms with Crippen molar-refractivity contribution in [3.8, 4) is 0 Å². The van der Waals surface area contributed by atoms with Crippen molar-refractivity contribution >= 4 is 38.7 Å². The number of anilines is 2. The summed E-state index contributed by atoms with van der Waals surface area (Å²) in [5.41, 5.74) is 6.33. The predicted molar refractivity (Wildman–Crippen MR) is 82.1 cm³/mol. The Morgan fingerprint density at radius 1 is 1.52 bits per heavy atom. The first-order valence-corrected chi connectivity index (χ1v) is 8.57. The number of hydrogen-bond acceptors (Lipinski definition) is 5. The van der Waals surface area contributed by atoms with Crippen LogP contribution in [-0.4, -0.2) is 38.0 Å². The molecule has 0 aromatic heterocycles. The predicted octanol–water partition coefficient (Wildman–Crippen LogP) is 1.45. The molecule has 1 heterocycles. The normalized spacial score (nSPS) is 22.2. The molecule has 1 aliphatic heterocycles. The van der Waals surface area contributed by atoms with Gasteiger partial charge in [0.2, 0.25) is 5.91 Å². The van der Waals surface area contributed by atoms with E-state index in [1.807, 2.05) is 0 Å². The number of sulfone groups is 1. The number of halogens is 1. The van der Waals surface area contributed by atoms with Crippen LogP contribution in [0, 0.1) is 0 Å². The number of rotatable bonds is 4. The Hall–Kier alpha value is -1.31. The number of hydrogen-bond donors (Lipinski definition) is 2. The van der Waals surface area contributed by atoms with Gasteiger partial charge in [0, 0.05) is 11.6 Å². The van der Waals surface area contributed by atoms with E-state index >= 15 is 0 Å². The van der Waals surface area contributed by atoms with Crippen molar-refractivity contribution in [2.75, 3.05) is 23.4 Å². The van der Waals surface area contributed by atoms with E-state index < -0.39 is 26.7 Å². The first-order chi connectivity index (χ1) is 9.79. The smallest absolute Gasteiger partial charge is 0.239 e. The van der Waals surface area contributed by atoms with Crippen LogP contribution < -0.4 is 11.1 Å². The highest BCUT2D eigenvalue weighted by molar-refractivity contribution is 7.92. The van der Waals surface area contributed by atoms with E-state index in [-0.39, 0.29) is 6.10 Å². The highest BCUT2D eigenvalue weighted by Crippen LogP contribution is 2.24. The highest BCUT2D eigenvalue weighted by atomic mass is 35.5. The Morgan fingerprint density at radius 3 is 2.86 bits per heavy atom. The third-order valence-corrected chi connectivity index (χ3v) is 5.83. The zero-order valence-electron chi connectivity index (χ0n) is 11.5. The van der Waals surface area contributed by atoms with Gasteiger partial charge >= 0.3 is 0 Å². The van der Waals surface area contributed by atoms with Crippen molar-refractivity contribution in [1.29, 1.82) is 0 Å². The van der Waals surface area contributed by atoms with Crippen LogP contribution in [0.25, 0.3) is 0 Å². The summed E-state index contributed by atoms with van der Waals surface area (Å²) < 4.78 is 29.6. The summed E-state index contributed by atoms with van der Waals surface area (Å²) in [6.45, 7) is 2.09. The van der Waals surface area contributed by atoms with Crippen LogP contribution in [0.2, 0.25) is 5.02 Å². The van der Waals surface area contributed by atoms with Gasteiger partial charge in [-0.25, -0.2) is 8.42 Å². The number of carbonyl (C=O) groups is 1. The van der Waals surface area contributed by atoms with Crippen LogP contribution >= 0.6 is 11.6 Å². The van der Waals surface area contributed by atoms with Gasteiger partial charge in [-0.05, 0) is 31.5 Å². The zero-order chi connectivity index (χ0) is 15.6. The summed E-state index contributed by atoms with van der Waals surface area (Å²) >= 11 is 5.81. The molecule has 8 heteroatoms. The van der Waals surface area contributed by atoms with Crippen molar-refractivity contribution in [2.45, 2.75) is 24.7 Å². The van der Waals surface area contributed by atoms with Gasteiger partial charge in [-0.3, -0.25) is 4.79 Å². The lowest BCUT2D eigenvalue weighted by atomic mass is 10.2. The Bertz CT molecular complexity index is 648. The Kier molecular flexibility index (Phi) is 4.75. The molecule has 1 fully saturated rings. The van der Waals surface area contributed by atoms with Gasteiger partial charge in [0.05, 0.1) is 22.7 Å². The lowest BCUT2D eigenvalue weighted by molar-refractivity contribution is -0.113. The second-order valence-corrected chi connectivity index (χ2v) is 7.65. The molecule has 6 nitrogen and oxygen atoms in total. The molecule has 0 saturated carbocycles. The van der Waals surface area contributed by atoms with Crippen LogP contribution in [0.15, 0.2) is 18.2 Å². The minimum absolute atomic E-state index is 0.304. The lowest BCUT2D eigenvalue weighted by Crippen LogP contribution is -2.34. The van der Waals surface area contributed by atoms with Crippen molar-refractivity contribution in [1.82, 2.24) is 0 Å². The largest absolute Gasteiger partial charge is 0.397 e. The highest BCUT2D eigenvalue weighted by Gasteiger charge is 2.36. The van der Waals surface area contributed by atoms with Crippen molar-refractivity contribution < 1.29 is 17.9 Å². The number of nitrogen functional groups attached to an aromatic ring is 1. The van der Waals surface area contributed by atoms with Crippen LogP contribution in [-0.2, 0) is 19.4 Å². The van der Waals surface area contributed by atoms with E-state index in [0.717, 1.165) is 0 Å². The number of amides is 1. The minimum atomic E-state index is -3.56. The molecule has 21 heavy (non-hydrogen) atoms. The third kappa shape index (κ3) is 3.87. The van der Waals surface area contributed by atoms with E-state index in [4.69, 9.17) is 22.1 Å². The Labute approximate surface area is 128 Å². The van der Waals surface area contributed by atoms with Crippen LogP contribution in [0.1, 0.15) is 13.3 Å². The molecule has 1 saturated heterocycles. The number of benzene rings is 1. The SMILES string of the molecule is CC1OCCC1S(=O)(=O)CC(=O)Nc1cc(Cl)ccc1N. The number of nitrogens with one attached hydrogen (secondary N) is 1. The summed E-state index contributed by atoms with van der Waals surface area (Å²) in [7, 11) is -3.56. The summed E-state index contributed by atoms with van der Waals surface area (Å²) in [4.78, 5) is 11.9. The summed E-state index contributed by atoms with van der Waals surface area (Å²) in [6.07, 6.45) is 0.0230. The average Bonchev–Trinajstić information content (AvgIpc) is 2.80. The maximum Gasteiger partial charge on any atom is 0.239 e. The first kappa shape index (κ1) is 16.1. The molecular formula is C13H17ClN2O4S. The zero-order valence-corrected chi connectivity index (χ0v) is 13.1. The van der Waals surface area contributed by atoms with Gasteiger partial charge in [0.25, 0.3) is 0 Å². The number of carbonyl (C=O) groups excluding carboxylic acids is 1. The fraction of sp³-hybridized carbons (Fsp3) is 0.462. The Balaban J connectivity index is 2.06. The van der Waals surface area contributed by atoms with E-state index in [9.17, 15) is 13.2 Å². The van der Waals surface area contributed by atoms with Crippen LogP contribution in [0.5, 0.6) is 0 Å². The third-order valence-electron chi connectivity index (χ3n) is 3.39. The Morgan fingerprint density at radius 2 is 2.24 bits per heavy atom. The molecule has 1 aromatic rings. The van der Waals surface area contributed by atoms with Gasteiger partial charge in [-0.2, -0.15) is 0 Å². The fourth-order valence-electron chi connectivity index (χ4n) is 2.30. The maximum absolute atomic E-state index is 12.2. The number of nitrogens with two attached hydrogens (primary N) is 1. The standard InChI is InChI=1S/C13H17ClN2O4S/c1-8-12(4-5-20-8)21(18,19)7-13(17)16-11-6-9(14)2-3-10(11)15/h2-3,6,8,12H,4-5,7,15H2,1H3,(H,16,17). The fourth-order valence-corrected chi connectivity index (χ4v) is 4.24. The van der Waals surface area contributed by atoms with Crippen LogP contribution in [0.4, 0.5) is 11.4 Å². The maximum atomic E-state index is 12.2. The van der Waals surface area contributed by atoms with Crippen molar-refractivity contribution in [3.63, 3.8) is 0 Å². The molecule has 0 aliphatic carbocycles. The van der Waals surface area contributed by atoms with E-state index in [0.29, 0.717) is 29.4 Å². The molecule has 3 N–H and O–H groups in total. The van der Waals surface area contributed by atoms with E-state index in [2.05, 4.69) is 5.32 Å². The molecule has 0 spiro atoms. The molecule has 2 unspecified atom stereocenters. The molecule has 1 aliphatic rings. The first-order valence-electron chi connectivity index (χ1n) is 6.47. The van der Waals surface area contributed by atoms with Gasteiger partial charge in [-0.15, -0.1) is 0 Å². The van der Waals surface area contributed by atoms with E-state index in [1.54, 1.807) is 19.1 Å². The van der Waals surface area contributed by atoms with Gasteiger partial charge in [0.15, 0.2) is 9.84 Å². The quantitative estimate of drug-likeness (QED) is 0.813. The second kappa shape index (κ2) is 6.21. The van der Waals surface area contributed by atoms with Crippen LogP contribution in [0.3, 0.4) is 0 Å². The van der Waals surface area contributed by atoms with Gasteiger partial charge in [-0.1, -0.05) is 11.6 Å². The molecule has 116 valence electrons. The second-order valence-electron chi connectivity index (χ2n) is 4.99. The summed E-state index contributed by atoms with van der Waals surface area (Å²) in [6, 6.07) is 4.60. The van der Waals surface area contributed by atoms with Gasteiger partial charge in [0.1, 0.15) is 5.75 Å².